The summed E-state index contributed by atoms with van der Waals surface area (Å²) in [5, 5.41) is 0.445. The van der Waals surface area contributed by atoms with Gasteiger partial charge in [-0.3, -0.25) is 9.59 Å². The third-order valence-corrected chi connectivity index (χ3v) is 4.63. The van der Waals surface area contributed by atoms with Gasteiger partial charge in [-0.05, 0) is 38.0 Å². The first kappa shape index (κ1) is 16.5. The third kappa shape index (κ3) is 4.30. The summed E-state index contributed by atoms with van der Waals surface area (Å²) >= 11 is 9.54. The molecule has 0 aliphatic carbocycles. The van der Waals surface area contributed by atoms with Crippen molar-refractivity contribution in [1.29, 1.82) is 0 Å². The molecule has 3 nitrogen and oxygen atoms in total. The Hall–Kier alpha value is -0.870. The third-order valence-electron chi connectivity index (χ3n) is 3.82. The Balaban J connectivity index is 2.26. The summed E-state index contributed by atoms with van der Waals surface area (Å²) in [4.78, 5) is 26.1. The van der Waals surface area contributed by atoms with Gasteiger partial charge >= 0.3 is 0 Å². The molecule has 21 heavy (non-hydrogen) atoms. The monoisotopic (exact) mass is 371 g/mol. The van der Waals surface area contributed by atoms with Crippen molar-refractivity contribution in [1.82, 2.24) is 4.90 Å². The minimum atomic E-state index is -0.0688. The maximum atomic E-state index is 12.8. The van der Waals surface area contributed by atoms with E-state index in [9.17, 15) is 9.59 Å². The number of carbonyl (C=O) groups excluding carboxylic acids is 2. The summed E-state index contributed by atoms with van der Waals surface area (Å²) in [7, 11) is 0. The molecule has 1 atom stereocenters. The number of amides is 1. The van der Waals surface area contributed by atoms with Crippen LogP contribution in [0.2, 0.25) is 5.02 Å². The maximum absolute atomic E-state index is 12.8. The van der Waals surface area contributed by atoms with Crippen molar-refractivity contribution < 1.29 is 9.59 Å². The topological polar surface area (TPSA) is 37.4 Å². The minimum absolute atomic E-state index is 0.00258. The van der Waals surface area contributed by atoms with Crippen LogP contribution in [0.5, 0.6) is 0 Å². The predicted octanol–water partition coefficient (Wildman–Crippen LogP) is 4.47. The lowest BCUT2D eigenvalue weighted by Crippen LogP contribution is -2.41. The fourth-order valence-corrected chi connectivity index (χ4v) is 3.56. The molecule has 1 unspecified atom stereocenters. The lowest BCUT2D eigenvalue weighted by atomic mass is 10.0. The van der Waals surface area contributed by atoms with E-state index < -0.39 is 0 Å². The molecule has 2 rings (SSSR count). The molecule has 0 bridgehead atoms. The molecule has 1 saturated heterocycles. The fourth-order valence-electron chi connectivity index (χ4n) is 2.81. The van der Waals surface area contributed by atoms with Crippen molar-refractivity contribution in [2.45, 2.75) is 45.1 Å². The van der Waals surface area contributed by atoms with Crippen molar-refractivity contribution in [3.8, 4) is 0 Å². The van der Waals surface area contributed by atoms with Crippen LogP contribution in [0.25, 0.3) is 0 Å². The number of likely N-dealkylation sites (tertiary alicyclic amines) is 1. The van der Waals surface area contributed by atoms with E-state index in [1.807, 2.05) is 11.0 Å². The van der Waals surface area contributed by atoms with Crippen LogP contribution in [0.15, 0.2) is 22.7 Å². The molecule has 1 fully saturated rings. The molecule has 1 aromatic carbocycles. The summed E-state index contributed by atoms with van der Waals surface area (Å²) in [6, 6.07) is 5.28. The second kappa shape index (κ2) is 7.41. The van der Waals surface area contributed by atoms with Crippen LogP contribution in [0, 0.1) is 0 Å². The van der Waals surface area contributed by atoms with Crippen LogP contribution in [0.4, 0.5) is 0 Å². The van der Waals surface area contributed by atoms with E-state index in [-0.39, 0.29) is 17.7 Å². The molecule has 5 heteroatoms. The largest absolute Gasteiger partial charge is 0.335 e. The number of hydrogen-bond acceptors (Lipinski definition) is 2. The number of rotatable bonds is 3. The number of benzene rings is 1. The average molecular weight is 373 g/mol. The van der Waals surface area contributed by atoms with E-state index >= 15 is 0 Å². The van der Waals surface area contributed by atoms with Crippen molar-refractivity contribution in [2.24, 2.45) is 0 Å². The Labute approximate surface area is 138 Å². The van der Waals surface area contributed by atoms with Crippen molar-refractivity contribution in [3.05, 3.63) is 33.3 Å². The Morgan fingerprint density at radius 1 is 1.33 bits per heavy atom. The van der Waals surface area contributed by atoms with E-state index in [0.717, 1.165) is 30.2 Å². The lowest BCUT2D eigenvalue weighted by molar-refractivity contribution is -0.118. The maximum Gasteiger partial charge on any atom is 0.255 e. The molecular formula is C16H19BrClNO2. The highest BCUT2D eigenvalue weighted by molar-refractivity contribution is 9.10. The van der Waals surface area contributed by atoms with Crippen molar-refractivity contribution in [2.75, 3.05) is 6.54 Å². The lowest BCUT2D eigenvalue weighted by Gasteiger charge is -2.30. The predicted molar refractivity (Wildman–Crippen MR) is 87.7 cm³/mol. The molecule has 114 valence electrons. The average Bonchev–Trinajstić information content (AvgIpc) is 2.63. The highest BCUT2D eigenvalue weighted by atomic mass is 79.9. The van der Waals surface area contributed by atoms with Gasteiger partial charge in [-0.15, -0.1) is 0 Å². The van der Waals surface area contributed by atoms with Crippen LogP contribution >= 0.6 is 27.5 Å². The zero-order valence-electron chi connectivity index (χ0n) is 12.1. The van der Waals surface area contributed by atoms with Gasteiger partial charge in [0.05, 0.1) is 10.6 Å². The van der Waals surface area contributed by atoms with E-state index in [4.69, 9.17) is 11.6 Å². The highest BCUT2D eigenvalue weighted by Gasteiger charge is 2.28. The van der Waals surface area contributed by atoms with E-state index in [1.54, 1.807) is 19.1 Å². The van der Waals surface area contributed by atoms with Gasteiger partial charge < -0.3 is 4.90 Å². The number of nitrogens with zero attached hydrogens (tertiary/aromatic N) is 1. The van der Waals surface area contributed by atoms with Crippen molar-refractivity contribution in [3.63, 3.8) is 0 Å². The van der Waals surface area contributed by atoms with Gasteiger partial charge in [-0.2, -0.15) is 0 Å². The van der Waals surface area contributed by atoms with E-state index in [1.165, 1.54) is 0 Å². The molecule has 1 aliphatic heterocycles. The van der Waals surface area contributed by atoms with Gasteiger partial charge in [0.25, 0.3) is 5.91 Å². The molecule has 1 aliphatic rings. The molecule has 1 amide bonds. The first-order valence-electron chi connectivity index (χ1n) is 7.24. The Morgan fingerprint density at radius 3 is 2.76 bits per heavy atom. The van der Waals surface area contributed by atoms with E-state index in [2.05, 4.69) is 15.9 Å². The quantitative estimate of drug-likeness (QED) is 0.785. The molecule has 0 saturated carbocycles. The number of ketones is 1. The van der Waals surface area contributed by atoms with Gasteiger partial charge in [0.15, 0.2) is 0 Å². The zero-order valence-corrected chi connectivity index (χ0v) is 14.4. The summed E-state index contributed by atoms with van der Waals surface area (Å²) in [5.41, 5.74) is 0.510. The first-order valence-corrected chi connectivity index (χ1v) is 8.41. The Kier molecular flexibility index (Phi) is 5.82. The summed E-state index contributed by atoms with van der Waals surface area (Å²) < 4.78 is 0.847. The number of hydrogen-bond donors (Lipinski definition) is 0. The fraction of sp³-hybridized carbons (Fsp3) is 0.500. The number of carbonyl (C=O) groups is 2. The van der Waals surface area contributed by atoms with Gasteiger partial charge in [0.1, 0.15) is 5.78 Å². The highest BCUT2D eigenvalue weighted by Crippen LogP contribution is 2.26. The van der Waals surface area contributed by atoms with Crippen LogP contribution in [-0.2, 0) is 4.79 Å². The number of Topliss-reactive ketones (excluding diaryl/α,β-unsaturated/α-hetero) is 1. The van der Waals surface area contributed by atoms with Gasteiger partial charge in [-0.1, -0.05) is 40.4 Å². The molecule has 0 aromatic heterocycles. The zero-order chi connectivity index (χ0) is 15.4. The minimum Gasteiger partial charge on any atom is -0.335 e. The first-order chi connectivity index (χ1) is 9.99. The van der Waals surface area contributed by atoms with Gasteiger partial charge in [-0.25, -0.2) is 0 Å². The summed E-state index contributed by atoms with van der Waals surface area (Å²) in [6.07, 6.45) is 4.47. The van der Waals surface area contributed by atoms with Gasteiger partial charge in [0.2, 0.25) is 0 Å². The van der Waals surface area contributed by atoms with Crippen LogP contribution in [0.3, 0.4) is 0 Å². The normalized spacial score (nSPS) is 19.2. The van der Waals surface area contributed by atoms with E-state index in [0.29, 0.717) is 23.6 Å². The second-order valence-corrected chi connectivity index (χ2v) is 6.85. The molecule has 1 heterocycles. The molecular weight excluding hydrogens is 354 g/mol. The summed E-state index contributed by atoms with van der Waals surface area (Å²) in [5.74, 6) is 0.0576. The van der Waals surface area contributed by atoms with Crippen LogP contribution in [0.1, 0.15) is 49.4 Å². The Morgan fingerprint density at radius 2 is 2.10 bits per heavy atom. The SMILES string of the molecule is CC(=O)CC1CCCCCN1C(=O)c1ccc(Br)cc1Cl. The molecule has 0 radical (unpaired) electrons. The molecule has 1 aromatic rings. The summed E-state index contributed by atoms with van der Waals surface area (Å²) in [6.45, 7) is 2.28. The van der Waals surface area contributed by atoms with Crippen LogP contribution in [-0.4, -0.2) is 29.2 Å². The standard InChI is InChI=1S/C16H19BrClNO2/c1-11(20)9-13-5-3-2-4-8-19(13)16(21)14-7-6-12(17)10-15(14)18/h6-7,10,13H,2-5,8-9H2,1H3. The second-order valence-electron chi connectivity index (χ2n) is 5.53. The van der Waals surface area contributed by atoms with Crippen molar-refractivity contribution >= 4 is 39.2 Å². The smallest absolute Gasteiger partial charge is 0.255 e. The van der Waals surface area contributed by atoms with Gasteiger partial charge in [0, 0.05) is 23.5 Å². The van der Waals surface area contributed by atoms with Crippen LogP contribution < -0.4 is 0 Å². The Bertz CT molecular complexity index is 547. The number of halogens is 2. The molecule has 0 N–H and O–H groups in total. The molecule has 0 spiro atoms.